The van der Waals surface area contributed by atoms with E-state index in [1.165, 1.54) is 24.4 Å². The van der Waals surface area contributed by atoms with Gasteiger partial charge in [-0.3, -0.25) is 0 Å². The van der Waals surface area contributed by atoms with E-state index in [0.717, 1.165) is 16.9 Å². The predicted molar refractivity (Wildman–Crippen MR) is 106 cm³/mol. The van der Waals surface area contributed by atoms with E-state index in [1.54, 1.807) is 22.7 Å². The van der Waals surface area contributed by atoms with E-state index in [-0.39, 0.29) is 0 Å². The molecule has 5 rings (SSSR count). The SMILES string of the molecule is c1csc(-c2ccc(-c3ccc(-c4nc5ccccc5[nH]4)s3)s2)c1. The van der Waals surface area contributed by atoms with Crippen LogP contribution in [0.15, 0.2) is 66.0 Å². The van der Waals surface area contributed by atoms with Crippen molar-refractivity contribution in [1.29, 1.82) is 0 Å². The van der Waals surface area contributed by atoms with Crippen molar-refractivity contribution in [2.45, 2.75) is 0 Å². The van der Waals surface area contributed by atoms with Crippen LogP contribution in [-0.4, -0.2) is 9.97 Å². The molecule has 0 radical (unpaired) electrons. The molecule has 24 heavy (non-hydrogen) atoms. The van der Waals surface area contributed by atoms with Crippen LogP contribution in [0.1, 0.15) is 0 Å². The third-order valence-corrected chi connectivity index (χ3v) is 7.28. The quantitative estimate of drug-likeness (QED) is 0.377. The van der Waals surface area contributed by atoms with Gasteiger partial charge in [0.1, 0.15) is 5.82 Å². The molecule has 0 spiro atoms. The third-order valence-electron chi connectivity index (χ3n) is 3.84. The number of fused-ring (bicyclic) bond motifs is 1. The first-order valence-electron chi connectivity index (χ1n) is 7.56. The summed E-state index contributed by atoms with van der Waals surface area (Å²) < 4.78 is 0. The van der Waals surface area contributed by atoms with Crippen LogP contribution in [-0.2, 0) is 0 Å². The Kier molecular flexibility index (Phi) is 3.36. The molecule has 1 N–H and O–H groups in total. The molecule has 0 fully saturated rings. The van der Waals surface area contributed by atoms with Gasteiger partial charge in [-0.05, 0) is 47.8 Å². The summed E-state index contributed by atoms with van der Waals surface area (Å²) in [4.78, 5) is 14.5. The van der Waals surface area contributed by atoms with Gasteiger partial charge in [0.05, 0.1) is 15.9 Å². The Morgan fingerprint density at radius 2 is 1.38 bits per heavy atom. The number of hydrogen-bond donors (Lipinski definition) is 1. The Balaban J connectivity index is 1.51. The molecule has 116 valence electrons. The summed E-state index contributed by atoms with van der Waals surface area (Å²) in [6.07, 6.45) is 0. The molecule has 5 heteroatoms. The van der Waals surface area contributed by atoms with Gasteiger partial charge in [-0.1, -0.05) is 18.2 Å². The molecule has 4 heterocycles. The zero-order chi connectivity index (χ0) is 15.9. The third kappa shape index (κ3) is 2.41. The maximum atomic E-state index is 4.70. The zero-order valence-electron chi connectivity index (χ0n) is 12.5. The number of imidazole rings is 1. The lowest BCUT2D eigenvalue weighted by molar-refractivity contribution is 1.36. The van der Waals surface area contributed by atoms with E-state index in [0.29, 0.717) is 0 Å². The molecule has 1 aromatic carbocycles. The topological polar surface area (TPSA) is 28.7 Å². The fourth-order valence-electron chi connectivity index (χ4n) is 2.69. The first-order valence-corrected chi connectivity index (χ1v) is 10.1. The normalized spacial score (nSPS) is 11.3. The number of para-hydroxylation sites is 2. The Bertz CT molecular complexity index is 1080. The number of nitrogens with zero attached hydrogens (tertiary/aromatic N) is 1. The van der Waals surface area contributed by atoms with E-state index in [1.807, 2.05) is 29.5 Å². The van der Waals surface area contributed by atoms with Gasteiger partial charge in [0.15, 0.2) is 0 Å². The van der Waals surface area contributed by atoms with Crippen molar-refractivity contribution in [3.8, 4) is 30.2 Å². The summed E-state index contributed by atoms with van der Waals surface area (Å²) in [5.74, 6) is 0.947. The molecule has 2 nitrogen and oxygen atoms in total. The fourth-order valence-corrected chi connectivity index (χ4v) is 5.57. The minimum atomic E-state index is 0.947. The summed E-state index contributed by atoms with van der Waals surface area (Å²) in [5, 5.41) is 2.12. The molecule has 0 unspecified atom stereocenters. The van der Waals surface area contributed by atoms with Gasteiger partial charge in [0.2, 0.25) is 0 Å². The summed E-state index contributed by atoms with van der Waals surface area (Å²) in [6, 6.07) is 21.2. The highest BCUT2D eigenvalue weighted by atomic mass is 32.1. The largest absolute Gasteiger partial charge is 0.337 e. The van der Waals surface area contributed by atoms with Crippen LogP contribution in [0.2, 0.25) is 0 Å². The standard InChI is InChI=1S/C19H12N2S3/c1-2-5-13-12(4-1)20-19(21-13)18-10-9-17(24-18)16-8-7-15(23-16)14-6-3-11-22-14/h1-11H,(H,20,21). The molecule has 5 aromatic rings. The number of hydrogen-bond acceptors (Lipinski definition) is 4. The monoisotopic (exact) mass is 364 g/mol. The average molecular weight is 365 g/mol. The molecule has 4 aromatic heterocycles. The molecule has 0 saturated carbocycles. The highest BCUT2D eigenvalue weighted by Crippen LogP contribution is 2.40. The van der Waals surface area contributed by atoms with Crippen molar-refractivity contribution >= 4 is 45.0 Å². The van der Waals surface area contributed by atoms with Gasteiger partial charge in [0, 0.05) is 19.5 Å². The number of benzene rings is 1. The van der Waals surface area contributed by atoms with Crippen molar-refractivity contribution < 1.29 is 0 Å². The first-order chi connectivity index (χ1) is 11.9. The summed E-state index contributed by atoms with van der Waals surface area (Å²) in [6.45, 7) is 0. The minimum Gasteiger partial charge on any atom is -0.337 e. The van der Waals surface area contributed by atoms with Crippen LogP contribution in [0.3, 0.4) is 0 Å². The van der Waals surface area contributed by atoms with E-state index >= 15 is 0 Å². The lowest BCUT2D eigenvalue weighted by Crippen LogP contribution is -1.72. The first kappa shape index (κ1) is 14.2. The maximum Gasteiger partial charge on any atom is 0.148 e. The summed E-state index contributed by atoms with van der Waals surface area (Å²) >= 11 is 5.42. The Morgan fingerprint density at radius 3 is 2.12 bits per heavy atom. The van der Waals surface area contributed by atoms with Gasteiger partial charge < -0.3 is 4.98 Å². The zero-order valence-corrected chi connectivity index (χ0v) is 15.0. The predicted octanol–water partition coefficient (Wildman–Crippen LogP) is 6.75. The minimum absolute atomic E-state index is 0.947. The van der Waals surface area contributed by atoms with Crippen LogP contribution in [0.25, 0.3) is 41.2 Å². The molecule has 0 aliphatic rings. The second kappa shape index (κ2) is 5.70. The van der Waals surface area contributed by atoms with Gasteiger partial charge in [0.25, 0.3) is 0 Å². The number of aromatic amines is 1. The van der Waals surface area contributed by atoms with Gasteiger partial charge in [-0.15, -0.1) is 34.0 Å². The highest BCUT2D eigenvalue weighted by molar-refractivity contribution is 7.27. The fraction of sp³-hybridized carbons (Fsp3) is 0. The Hall–Kier alpha value is -2.21. The van der Waals surface area contributed by atoms with Crippen LogP contribution in [0, 0.1) is 0 Å². The van der Waals surface area contributed by atoms with Crippen LogP contribution in [0.5, 0.6) is 0 Å². The summed E-state index contributed by atoms with van der Waals surface area (Å²) in [5.41, 5.74) is 2.09. The lowest BCUT2D eigenvalue weighted by atomic mass is 10.3. The number of nitrogens with one attached hydrogen (secondary N) is 1. The number of thiophene rings is 3. The van der Waals surface area contributed by atoms with Crippen LogP contribution >= 0.6 is 34.0 Å². The number of H-pyrrole nitrogens is 1. The smallest absolute Gasteiger partial charge is 0.148 e. The van der Waals surface area contributed by atoms with Crippen molar-refractivity contribution in [2.75, 3.05) is 0 Å². The van der Waals surface area contributed by atoms with Gasteiger partial charge >= 0.3 is 0 Å². The molecular formula is C19H12N2S3. The highest BCUT2D eigenvalue weighted by Gasteiger charge is 2.11. The van der Waals surface area contributed by atoms with Crippen LogP contribution in [0.4, 0.5) is 0 Å². The van der Waals surface area contributed by atoms with Crippen LogP contribution < -0.4 is 0 Å². The molecule has 0 aliphatic heterocycles. The Labute approximate surface area is 151 Å². The van der Waals surface area contributed by atoms with E-state index in [2.05, 4.69) is 52.8 Å². The second-order valence-corrected chi connectivity index (χ2v) is 8.52. The van der Waals surface area contributed by atoms with E-state index in [9.17, 15) is 0 Å². The molecule has 0 bridgehead atoms. The van der Waals surface area contributed by atoms with Crippen molar-refractivity contribution in [2.24, 2.45) is 0 Å². The molecule has 0 atom stereocenters. The van der Waals surface area contributed by atoms with Crippen molar-refractivity contribution in [1.82, 2.24) is 9.97 Å². The molecule has 0 amide bonds. The van der Waals surface area contributed by atoms with E-state index in [4.69, 9.17) is 4.98 Å². The maximum absolute atomic E-state index is 4.70. The Morgan fingerprint density at radius 1 is 0.667 bits per heavy atom. The van der Waals surface area contributed by atoms with Gasteiger partial charge in [-0.2, -0.15) is 0 Å². The van der Waals surface area contributed by atoms with Crippen molar-refractivity contribution in [3.63, 3.8) is 0 Å². The van der Waals surface area contributed by atoms with Gasteiger partial charge in [-0.25, -0.2) is 4.98 Å². The van der Waals surface area contributed by atoms with E-state index < -0.39 is 0 Å². The lowest BCUT2D eigenvalue weighted by Gasteiger charge is -1.91. The molecule has 0 aliphatic carbocycles. The summed E-state index contributed by atoms with van der Waals surface area (Å²) in [7, 11) is 0. The molecular weight excluding hydrogens is 352 g/mol. The number of aromatic nitrogens is 2. The average Bonchev–Trinajstić information content (AvgIpc) is 3.40. The molecule has 0 saturated heterocycles. The van der Waals surface area contributed by atoms with Crippen molar-refractivity contribution in [3.05, 3.63) is 66.0 Å². The second-order valence-electron chi connectivity index (χ2n) is 5.41. The number of rotatable bonds is 3.